The molecule has 0 saturated carbocycles. The highest BCUT2D eigenvalue weighted by Crippen LogP contribution is 2.04. The molecule has 3 nitrogen and oxygen atoms in total. The molecule has 0 amide bonds. The summed E-state index contributed by atoms with van der Waals surface area (Å²) in [7, 11) is 0. The highest BCUT2D eigenvalue weighted by molar-refractivity contribution is 5.85. The number of halogens is 1. The van der Waals surface area contributed by atoms with Crippen LogP contribution in [-0.4, -0.2) is 25.2 Å². The molecule has 0 aromatic heterocycles. The second kappa shape index (κ2) is 9.02. The summed E-state index contributed by atoms with van der Waals surface area (Å²) >= 11 is 0. The molecule has 17 heavy (non-hydrogen) atoms. The van der Waals surface area contributed by atoms with Gasteiger partial charge in [-0.3, -0.25) is 4.79 Å². The van der Waals surface area contributed by atoms with Crippen molar-refractivity contribution in [2.45, 2.75) is 26.3 Å². The lowest BCUT2D eigenvalue weighted by Crippen LogP contribution is -2.39. The molecule has 0 aliphatic carbocycles. The van der Waals surface area contributed by atoms with E-state index in [1.165, 1.54) is 0 Å². The number of rotatable bonds is 6. The molecule has 4 heteroatoms. The van der Waals surface area contributed by atoms with Crippen LogP contribution >= 0.6 is 12.4 Å². The first kappa shape index (κ1) is 15.9. The Labute approximate surface area is 109 Å². The average Bonchev–Trinajstić information content (AvgIpc) is 2.30. The molecule has 0 radical (unpaired) electrons. The molecule has 0 saturated heterocycles. The Morgan fingerprint density at radius 1 is 1.29 bits per heavy atom. The monoisotopic (exact) mass is 257 g/mol. The van der Waals surface area contributed by atoms with Crippen LogP contribution in [0.3, 0.4) is 0 Å². The van der Waals surface area contributed by atoms with E-state index >= 15 is 0 Å². The summed E-state index contributed by atoms with van der Waals surface area (Å²) in [6.45, 7) is 4.99. The lowest BCUT2D eigenvalue weighted by molar-refractivity contribution is -0.145. The summed E-state index contributed by atoms with van der Waals surface area (Å²) in [6.07, 6.45) is 0.674. The van der Waals surface area contributed by atoms with E-state index in [1.807, 2.05) is 44.2 Å². The first-order valence-corrected chi connectivity index (χ1v) is 5.71. The lowest BCUT2D eigenvalue weighted by Gasteiger charge is -2.16. The van der Waals surface area contributed by atoms with Gasteiger partial charge in [0, 0.05) is 0 Å². The van der Waals surface area contributed by atoms with E-state index in [2.05, 4.69) is 5.32 Å². The first-order chi connectivity index (χ1) is 7.77. The van der Waals surface area contributed by atoms with Crippen LogP contribution in [0.2, 0.25) is 0 Å². The van der Waals surface area contributed by atoms with Crippen LogP contribution in [0.1, 0.15) is 19.4 Å². The molecule has 0 aliphatic rings. The summed E-state index contributed by atoms with van der Waals surface area (Å²) in [5, 5.41) is 3.14. The number of likely N-dealkylation sites (N-methyl/N-ethyl adjacent to an activating group) is 1. The third-order valence-corrected chi connectivity index (χ3v) is 2.30. The first-order valence-electron chi connectivity index (χ1n) is 5.71. The Morgan fingerprint density at radius 2 is 1.94 bits per heavy atom. The highest BCUT2D eigenvalue weighted by Gasteiger charge is 2.18. The van der Waals surface area contributed by atoms with Crippen molar-refractivity contribution in [1.29, 1.82) is 0 Å². The normalized spacial score (nSPS) is 11.4. The Hall–Kier alpha value is -1.06. The predicted octanol–water partition coefficient (Wildman–Crippen LogP) is 2.19. The van der Waals surface area contributed by atoms with E-state index in [-0.39, 0.29) is 24.4 Å². The molecule has 1 N–H and O–H groups in total. The number of esters is 1. The second-order valence-corrected chi connectivity index (χ2v) is 3.55. The molecule has 96 valence electrons. The molecular formula is C13H20ClNO2. The number of hydrogen-bond acceptors (Lipinski definition) is 3. The molecule has 0 heterocycles. The maximum absolute atomic E-state index is 11.7. The van der Waals surface area contributed by atoms with E-state index in [4.69, 9.17) is 4.74 Å². The topological polar surface area (TPSA) is 38.3 Å². The summed E-state index contributed by atoms with van der Waals surface area (Å²) in [4.78, 5) is 11.7. The summed E-state index contributed by atoms with van der Waals surface area (Å²) < 4.78 is 5.03. The van der Waals surface area contributed by atoms with Crippen molar-refractivity contribution in [2.24, 2.45) is 0 Å². The Bertz CT molecular complexity index is 316. The number of ether oxygens (including phenoxy) is 1. The summed E-state index contributed by atoms with van der Waals surface area (Å²) in [5.74, 6) is -0.173. The van der Waals surface area contributed by atoms with Gasteiger partial charge in [-0.05, 0) is 25.5 Å². The lowest BCUT2D eigenvalue weighted by atomic mass is 10.1. The van der Waals surface area contributed by atoms with Gasteiger partial charge in [-0.25, -0.2) is 0 Å². The van der Waals surface area contributed by atoms with Gasteiger partial charge >= 0.3 is 5.97 Å². The summed E-state index contributed by atoms with van der Waals surface area (Å²) in [5.41, 5.74) is 1.14. The molecule has 0 fully saturated rings. The van der Waals surface area contributed by atoms with Gasteiger partial charge in [0.05, 0.1) is 6.61 Å². The number of benzene rings is 1. The molecular weight excluding hydrogens is 238 g/mol. The quantitative estimate of drug-likeness (QED) is 0.794. The van der Waals surface area contributed by atoms with Gasteiger partial charge in [0.15, 0.2) is 0 Å². The van der Waals surface area contributed by atoms with E-state index < -0.39 is 0 Å². The molecule has 1 aromatic rings. The number of carbonyl (C=O) groups excluding carboxylic acids is 1. The predicted molar refractivity (Wildman–Crippen MR) is 71.5 cm³/mol. The van der Waals surface area contributed by atoms with E-state index in [0.29, 0.717) is 13.0 Å². The highest BCUT2D eigenvalue weighted by atomic mass is 35.5. The van der Waals surface area contributed by atoms with Crippen molar-refractivity contribution < 1.29 is 9.53 Å². The van der Waals surface area contributed by atoms with Gasteiger partial charge in [-0.15, -0.1) is 12.4 Å². The molecule has 0 aliphatic heterocycles. The van der Waals surface area contributed by atoms with E-state index in [0.717, 1.165) is 12.1 Å². The van der Waals surface area contributed by atoms with Crippen LogP contribution in [0.5, 0.6) is 0 Å². The van der Waals surface area contributed by atoms with Gasteiger partial charge in [-0.1, -0.05) is 37.3 Å². The molecule has 1 rings (SSSR count). The zero-order valence-electron chi connectivity index (χ0n) is 10.3. The van der Waals surface area contributed by atoms with Crippen LogP contribution in [-0.2, 0) is 16.0 Å². The molecule has 0 bridgehead atoms. The fourth-order valence-electron chi connectivity index (χ4n) is 1.58. The summed E-state index contributed by atoms with van der Waals surface area (Å²) in [6, 6.07) is 9.71. The van der Waals surface area contributed by atoms with E-state index in [9.17, 15) is 4.79 Å². The SMILES string of the molecule is CCNC(Cc1ccccc1)C(=O)OCC.Cl. The van der Waals surface area contributed by atoms with Crippen molar-refractivity contribution >= 4 is 18.4 Å². The maximum Gasteiger partial charge on any atom is 0.323 e. The number of hydrogen-bond donors (Lipinski definition) is 1. The largest absolute Gasteiger partial charge is 0.465 e. The minimum atomic E-state index is -0.243. The second-order valence-electron chi connectivity index (χ2n) is 3.55. The fourth-order valence-corrected chi connectivity index (χ4v) is 1.58. The molecule has 1 aromatic carbocycles. The van der Waals surface area contributed by atoms with Gasteiger partial charge < -0.3 is 10.1 Å². The van der Waals surface area contributed by atoms with Crippen molar-refractivity contribution in [3.05, 3.63) is 35.9 Å². The minimum absolute atomic E-state index is 0. The smallest absolute Gasteiger partial charge is 0.323 e. The average molecular weight is 258 g/mol. The van der Waals surface area contributed by atoms with Crippen LogP contribution in [0.15, 0.2) is 30.3 Å². The van der Waals surface area contributed by atoms with Gasteiger partial charge in [0.25, 0.3) is 0 Å². The molecule has 1 unspecified atom stereocenters. The number of carbonyl (C=O) groups is 1. The third kappa shape index (κ3) is 5.71. The van der Waals surface area contributed by atoms with Gasteiger partial charge in [-0.2, -0.15) is 0 Å². The Kier molecular flexibility index (Phi) is 8.46. The van der Waals surface area contributed by atoms with Gasteiger partial charge in [0.2, 0.25) is 0 Å². The van der Waals surface area contributed by atoms with Crippen LogP contribution < -0.4 is 5.32 Å². The van der Waals surface area contributed by atoms with Crippen molar-refractivity contribution in [3.8, 4) is 0 Å². The minimum Gasteiger partial charge on any atom is -0.465 e. The standard InChI is InChI=1S/C13H19NO2.ClH/c1-3-14-12(13(15)16-4-2)10-11-8-6-5-7-9-11;/h5-9,12,14H,3-4,10H2,1-2H3;1H. The van der Waals surface area contributed by atoms with Crippen LogP contribution in [0, 0.1) is 0 Å². The maximum atomic E-state index is 11.7. The molecule has 0 spiro atoms. The van der Waals surface area contributed by atoms with Crippen molar-refractivity contribution in [2.75, 3.05) is 13.2 Å². The Morgan fingerprint density at radius 3 is 2.47 bits per heavy atom. The van der Waals surface area contributed by atoms with E-state index in [1.54, 1.807) is 0 Å². The zero-order valence-corrected chi connectivity index (χ0v) is 11.1. The molecule has 1 atom stereocenters. The number of nitrogens with one attached hydrogen (secondary N) is 1. The van der Waals surface area contributed by atoms with Crippen molar-refractivity contribution in [3.63, 3.8) is 0 Å². The fraction of sp³-hybridized carbons (Fsp3) is 0.462. The van der Waals surface area contributed by atoms with Gasteiger partial charge in [0.1, 0.15) is 6.04 Å². The Balaban J connectivity index is 0.00000256. The van der Waals surface area contributed by atoms with Crippen molar-refractivity contribution in [1.82, 2.24) is 5.32 Å². The zero-order chi connectivity index (χ0) is 11.8. The third-order valence-electron chi connectivity index (χ3n) is 2.30. The van der Waals surface area contributed by atoms with Crippen LogP contribution in [0.25, 0.3) is 0 Å². The van der Waals surface area contributed by atoms with Crippen LogP contribution in [0.4, 0.5) is 0 Å².